The summed E-state index contributed by atoms with van der Waals surface area (Å²) in [5.74, 6) is -2.88. The van der Waals surface area contributed by atoms with E-state index < -0.39 is 377 Å². The summed E-state index contributed by atoms with van der Waals surface area (Å²) < 4.78 is 114. The molecule has 10 saturated heterocycles. The molecule has 3 amide bonds. The smallest absolute Gasteiger partial charge is 0.217 e. The normalized spacial score (nSPS) is 51.1. The largest absolute Gasteiger partial charge is 0.394 e. The van der Waals surface area contributed by atoms with Crippen LogP contribution in [0.5, 0.6) is 0 Å². The van der Waals surface area contributed by atoms with Crippen molar-refractivity contribution in [3.05, 3.63) is 0 Å². The molecule has 0 saturated carbocycles. The van der Waals surface area contributed by atoms with Crippen LogP contribution in [-0.4, -0.2) is 515 Å². The molecule has 0 radical (unpaired) electrons. The van der Waals surface area contributed by atoms with Gasteiger partial charge in [0.2, 0.25) is 17.7 Å². The number of ether oxygens (including phenoxy) is 19. The van der Waals surface area contributed by atoms with E-state index in [1.54, 1.807) is 0 Å². The van der Waals surface area contributed by atoms with E-state index in [1.165, 1.54) is 13.8 Å². The molecule has 684 valence electrons. The number of carbonyl (C=O) groups is 3. The topological polar surface area (TPSA) is 809 Å². The van der Waals surface area contributed by atoms with Crippen LogP contribution in [0.25, 0.3) is 0 Å². The van der Waals surface area contributed by atoms with Gasteiger partial charge in [0.05, 0.1) is 65.1 Å². The zero-order chi connectivity index (χ0) is 86.8. The lowest BCUT2D eigenvalue weighted by Gasteiger charge is -2.52. The molecule has 52 nitrogen and oxygen atoms in total. The Balaban J connectivity index is 1.01. The Morgan fingerprint density at radius 2 is 0.517 bits per heavy atom. The summed E-state index contributed by atoms with van der Waals surface area (Å²) in [6.07, 6.45) is -98.4. The van der Waals surface area contributed by atoms with Gasteiger partial charge in [-0.2, -0.15) is 0 Å². The molecule has 0 bridgehead atoms. The fraction of sp³-hybridized carbons (Fsp3) is 0.955. The summed E-state index contributed by atoms with van der Waals surface area (Å²) in [6.45, 7) is -3.87. The number of carbonyl (C=O) groups excluding carboxylic acids is 3. The van der Waals surface area contributed by atoms with E-state index >= 15 is 0 Å². The zero-order valence-corrected chi connectivity index (χ0v) is 63.6. The first-order chi connectivity index (χ1) is 55.8. The van der Waals surface area contributed by atoms with E-state index in [-0.39, 0.29) is 0 Å². The van der Waals surface area contributed by atoms with Crippen LogP contribution in [0.2, 0.25) is 0 Å². The lowest BCUT2D eigenvalue weighted by Crippen LogP contribution is -2.71. The molecule has 0 spiro atoms. The highest BCUT2D eigenvalue weighted by Crippen LogP contribution is 2.42. The molecule has 0 aromatic heterocycles. The van der Waals surface area contributed by atoms with Gasteiger partial charge in [0.15, 0.2) is 62.9 Å². The first-order valence-corrected chi connectivity index (χ1v) is 37.9. The molecule has 0 unspecified atom stereocenters. The van der Waals surface area contributed by atoms with Gasteiger partial charge in [-0.15, -0.1) is 0 Å². The second kappa shape index (κ2) is 41.8. The Morgan fingerprint density at radius 3 is 0.907 bits per heavy atom. The molecule has 52 heteroatoms. The molecule has 10 aliphatic heterocycles. The highest BCUT2D eigenvalue weighted by molar-refractivity contribution is 5.74. The van der Waals surface area contributed by atoms with Crippen molar-refractivity contribution in [1.29, 1.82) is 0 Å². The van der Waals surface area contributed by atoms with E-state index in [1.807, 2.05) is 0 Å². The Morgan fingerprint density at radius 1 is 0.237 bits per heavy atom. The van der Waals surface area contributed by atoms with E-state index in [9.17, 15) is 152 Å². The SMILES string of the molecule is CC(=O)N[C@@H]1[C@@H](O)[C@H](O[C@@H]2O[C@H](CO[C@H]3O[C@H](CO)[C@@H](O)[C@H](O)[C@@H]3O[C@@H]3O[C@H](CO)[C@@H](O[C@@H]4O[C@H](CO)[C@H](O)[C@H](O)[C@H]4O)[C@H](O[C@@H]4O[C@@H](C)[C@@H](O)[C@@H](O)[C@@H]4O)[C@H]3NC(C)=O)[C@@H](O)[C@H](O[C@H]3O[C@H](CO)[C@@H](O)[C@H](O)[C@@H]3O[C@@H]3O[C@H](CO)[C@@H](O[C@@H]4O[C@H](CO)[C@H](O)[C@H](O)[C@H]4O)[C@H](O[C@@H]4O[C@@H](C)[C@@H](O)[C@@H](O)[C@@H]4O)[C@H]3NC(C)=O)[C@@H]2O)[C@@H](CO)O[C@H]1O. The zero-order valence-electron chi connectivity index (χ0n) is 63.6. The molecule has 10 aliphatic rings. The quantitative estimate of drug-likeness (QED) is 0.0331. The first-order valence-electron chi connectivity index (χ1n) is 37.9. The van der Waals surface area contributed by atoms with Crippen LogP contribution in [-0.2, 0) is 104 Å². The van der Waals surface area contributed by atoms with Crippen molar-refractivity contribution in [2.24, 2.45) is 0 Å². The first kappa shape index (κ1) is 96.8. The van der Waals surface area contributed by atoms with Gasteiger partial charge in [-0.25, -0.2) is 0 Å². The van der Waals surface area contributed by atoms with Crippen LogP contribution in [0.3, 0.4) is 0 Å². The van der Waals surface area contributed by atoms with Crippen molar-refractivity contribution in [2.75, 3.05) is 52.9 Å². The third-order valence-corrected chi connectivity index (χ3v) is 22.0. The summed E-state index contributed by atoms with van der Waals surface area (Å²) in [5, 5.41) is 308. The Kier molecular flexibility index (Phi) is 34.3. The van der Waals surface area contributed by atoms with Gasteiger partial charge in [0, 0.05) is 20.8 Å². The number of aliphatic hydroxyl groups excluding tert-OH is 27. The van der Waals surface area contributed by atoms with Crippen LogP contribution in [0.15, 0.2) is 0 Å². The van der Waals surface area contributed by atoms with E-state index in [0.717, 1.165) is 20.8 Å². The average Bonchev–Trinajstić information content (AvgIpc) is 0.762. The summed E-state index contributed by atoms with van der Waals surface area (Å²) in [5.41, 5.74) is 0. The number of hydrogen-bond acceptors (Lipinski definition) is 49. The minimum atomic E-state index is -2.57. The molecular formula is C66H111N3O49. The van der Waals surface area contributed by atoms with Crippen LogP contribution in [0, 0.1) is 0 Å². The van der Waals surface area contributed by atoms with Gasteiger partial charge in [0.1, 0.15) is 232 Å². The van der Waals surface area contributed by atoms with Crippen molar-refractivity contribution < 1.29 is 242 Å². The summed E-state index contributed by atoms with van der Waals surface area (Å²) >= 11 is 0. The number of aliphatic hydroxyl groups is 27. The van der Waals surface area contributed by atoms with Crippen LogP contribution in [0.4, 0.5) is 0 Å². The second-order valence-corrected chi connectivity index (χ2v) is 30.2. The minimum absolute atomic E-state index is 0.870. The van der Waals surface area contributed by atoms with Crippen molar-refractivity contribution in [2.45, 2.75) is 341 Å². The molecule has 118 heavy (non-hydrogen) atoms. The Hall–Kier alpha value is -3.43. The maximum absolute atomic E-state index is 13.5. The average molecular weight is 1730 g/mol. The highest BCUT2D eigenvalue weighted by Gasteiger charge is 2.62. The lowest BCUT2D eigenvalue weighted by molar-refractivity contribution is -0.403. The van der Waals surface area contributed by atoms with Crippen LogP contribution >= 0.6 is 0 Å². The van der Waals surface area contributed by atoms with Crippen molar-refractivity contribution in [3.63, 3.8) is 0 Å². The van der Waals surface area contributed by atoms with Crippen molar-refractivity contribution >= 4 is 17.7 Å². The van der Waals surface area contributed by atoms with Gasteiger partial charge < -0.3 is 244 Å². The third kappa shape index (κ3) is 20.8. The van der Waals surface area contributed by atoms with Crippen molar-refractivity contribution in [3.8, 4) is 0 Å². The molecule has 10 heterocycles. The third-order valence-electron chi connectivity index (χ3n) is 22.0. The molecule has 30 N–H and O–H groups in total. The van der Waals surface area contributed by atoms with E-state index in [2.05, 4.69) is 16.0 Å². The number of nitrogens with one attached hydrogen (secondary N) is 3. The fourth-order valence-electron chi connectivity index (χ4n) is 15.4. The maximum Gasteiger partial charge on any atom is 0.217 e. The summed E-state index contributed by atoms with van der Waals surface area (Å²) in [4.78, 5) is 39.3. The molecular weight excluding hydrogens is 1620 g/mol. The Labute approximate surface area is 668 Å². The van der Waals surface area contributed by atoms with Gasteiger partial charge in [0.25, 0.3) is 0 Å². The van der Waals surface area contributed by atoms with E-state index in [4.69, 9.17) is 90.0 Å². The molecule has 0 aliphatic carbocycles. The molecule has 10 rings (SSSR count). The van der Waals surface area contributed by atoms with Crippen molar-refractivity contribution in [1.82, 2.24) is 16.0 Å². The molecule has 50 atom stereocenters. The Bertz CT molecular complexity index is 3140. The standard InChI is InChI=1S/C66H111N3O49/c1-14-30(80)38(88)44(94)60(101-14)114-52-28(68-17(4)78)58(108-24(11-75)50(52)112-62-46(96)40(90)32(82)19(6-70)104-62)117-55-42(92)34(84)21(8-72)106-65(55)100-13-26-36(86)54(48(98)64(110-26)111-49-23(10-74)103-57(99)27(37(49)87)67-16(3)77)116-66-56(43(93)35(85)22(9-73)107-66)118-59-29(69-18(5)79)53(115-61-45(95)39(89)31(81)15(2)102-61)51(25(12-76)109-59)113-63-47(97)41(91)33(83)20(7-71)105-63/h14-15,19-66,70-76,80-99H,6-13H2,1-5H3,(H,67,77)(H,68,78)(H,69,79)/t14-,15-,19+,20+,21+,22+,23+,24+,25+,26+,27+,28+,29+,30+,31+,32-,33-,34+,35+,36+,37+,38+,39+,40-,41-,42-,43-,44-,45-,46+,47+,48-,49+,50+,51+,52+,53+,54-,55-,56-,57+,58-,59-,60-,61-,62-,63-,64-,65-,66+/m0/s1. The van der Waals surface area contributed by atoms with Crippen LogP contribution < -0.4 is 16.0 Å². The predicted octanol–water partition coefficient (Wildman–Crippen LogP) is -20.3. The molecule has 10 fully saturated rings. The van der Waals surface area contributed by atoms with Gasteiger partial charge in [-0.1, -0.05) is 0 Å². The summed E-state index contributed by atoms with van der Waals surface area (Å²) in [7, 11) is 0. The molecule has 0 aromatic carbocycles. The van der Waals surface area contributed by atoms with Gasteiger partial charge in [-0.3, -0.25) is 14.4 Å². The van der Waals surface area contributed by atoms with Gasteiger partial charge in [-0.05, 0) is 13.8 Å². The van der Waals surface area contributed by atoms with Crippen LogP contribution in [0.1, 0.15) is 34.6 Å². The number of rotatable bonds is 29. The second-order valence-electron chi connectivity index (χ2n) is 30.2. The molecule has 0 aromatic rings. The number of amides is 3. The fourth-order valence-corrected chi connectivity index (χ4v) is 15.4. The maximum atomic E-state index is 13.5. The summed E-state index contributed by atoms with van der Waals surface area (Å²) in [6, 6.07) is -5.84. The van der Waals surface area contributed by atoms with Gasteiger partial charge >= 0.3 is 0 Å². The lowest BCUT2D eigenvalue weighted by atomic mass is 9.93. The number of hydrogen-bond donors (Lipinski definition) is 30. The highest BCUT2D eigenvalue weighted by atomic mass is 16.8. The monoisotopic (exact) mass is 1730 g/mol. The minimum Gasteiger partial charge on any atom is -0.394 e. The van der Waals surface area contributed by atoms with E-state index in [0.29, 0.717) is 0 Å². The predicted molar refractivity (Wildman–Crippen MR) is 362 cm³/mol.